The fourth-order valence-electron chi connectivity index (χ4n) is 3.93. The highest BCUT2D eigenvalue weighted by Gasteiger charge is 2.33. The van der Waals surface area contributed by atoms with Gasteiger partial charge in [0.25, 0.3) is 5.91 Å². The Bertz CT molecular complexity index is 942. The zero-order valence-electron chi connectivity index (χ0n) is 18.4. The lowest BCUT2D eigenvalue weighted by Gasteiger charge is -2.24. The van der Waals surface area contributed by atoms with E-state index in [2.05, 4.69) is 5.32 Å². The van der Waals surface area contributed by atoms with Gasteiger partial charge in [-0.3, -0.25) is 9.59 Å². The summed E-state index contributed by atoms with van der Waals surface area (Å²) in [6, 6.07) is 17.2. The van der Waals surface area contributed by atoms with Crippen molar-refractivity contribution in [3.63, 3.8) is 0 Å². The van der Waals surface area contributed by atoms with Crippen LogP contribution in [0, 0.1) is 5.92 Å². The van der Waals surface area contributed by atoms with Gasteiger partial charge in [-0.25, -0.2) is 4.99 Å². The van der Waals surface area contributed by atoms with E-state index in [4.69, 9.17) is 4.99 Å². The van der Waals surface area contributed by atoms with Crippen molar-refractivity contribution < 1.29 is 14.7 Å². The average molecular weight is 422 g/mol. The SMILES string of the molecule is CCCCC(O)C(CC)C(=O)N[C@H]1N=C(c2ccccc2)c2ccccc2N(C)C1=O. The standard InChI is InChI=1S/C25H31N3O3/c1-4-6-16-21(29)18(5-2)24(30)27-23-25(31)28(3)20-15-11-10-14-19(20)22(26-23)17-12-8-7-9-13-17/h7-15,18,21,23,29H,4-6,16H2,1-3H3,(H,27,30)/t18?,21?,23-/m1/s1. The largest absolute Gasteiger partial charge is 0.392 e. The van der Waals surface area contributed by atoms with Gasteiger partial charge >= 0.3 is 0 Å². The molecule has 0 radical (unpaired) electrons. The number of para-hydroxylation sites is 1. The predicted molar refractivity (Wildman–Crippen MR) is 123 cm³/mol. The van der Waals surface area contributed by atoms with E-state index in [1.165, 1.54) is 4.90 Å². The number of aliphatic imine (C=N–C) groups is 1. The molecule has 2 aromatic carbocycles. The van der Waals surface area contributed by atoms with Gasteiger partial charge in [-0.15, -0.1) is 0 Å². The van der Waals surface area contributed by atoms with Crippen LogP contribution in [0.25, 0.3) is 0 Å². The second-order valence-electron chi connectivity index (χ2n) is 7.89. The summed E-state index contributed by atoms with van der Waals surface area (Å²) in [5.74, 6) is -1.24. The molecule has 1 heterocycles. The Kier molecular flexibility index (Phi) is 7.58. The summed E-state index contributed by atoms with van der Waals surface area (Å²) in [4.78, 5) is 32.5. The van der Waals surface area contributed by atoms with Crippen LogP contribution in [0.4, 0.5) is 5.69 Å². The first-order chi connectivity index (χ1) is 15.0. The number of carbonyl (C=O) groups excluding carboxylic acids is 2. The minimum absolute atomic E-state index is 0.315. The third-order valence-electron chi connectivity index (χ3n) is 5.76. The second-order valence-corrected chi connectivity index (χ2v) is 7.89. The van der Waals surface area contributed by atoms with Gasteiger partial charge in [-0.2, -0.15) is 0 Å². The number of anilines is 1. The van der Waals surface area contributed by atoms with Crippen LogP contribution in [-0.2, 0) is 9.59 Å². The number of hydrogen-bond donors (Lipinski definition) is 2. The fraction of sp³-hybridized carbons (Fsp3) is 0.400. The van der Waals surface area contributed by atoms with Gasteiger partial charge in [0.05, 0.1) is 23.4 Å². The van der Waals surface area contributed by atoms with Crippen molar-refractivity contribution >= 4 is 23.2 Å². The molecule has 2 amide bonds. The van der Waals surface area contributed by atoms with Crippen molar-refractivity contribution in [2.75, 3.05) is 11.9 Å². The number of aliphatic hydroxyl groups excluding tert-OH is 1. The summed E-state index contributed by atoms with van der Waals surface area (Å²) < 4.78 is 0. The summed E-state index contributed by atoms with van der Waals surface area (Å²) in [7, 11) is 1.69. The monoisotopic (exact) mass is 421 g/mol. The first-order valence-corrected chi connectivity index (χ1v) is 11.0. The van der Waals surface area contributed by atoms with Gasteiger partial charge in [0, 0.05) is 18.2 Å². The number of nitrogens with one attached hydrogen (secondary N) is 1. The molecule has 0 aliphatic carbocycles. The Morgan fingerprint density at radius 2 is 1.81 bits per heavy atom. The molecule has 1 aliphatic heterocycles. The van der Waals surface area contributed by atoms with E-state index in [0.717, 1.165) is 29.7 Å². The van der Waals surface area contributed by atoms with Crippen molar-refractivity contribution in [3.8, 4) is 0 Å². The van der Waals surface area contributed by atoms with E-state index in [1.54, 1.807) is 7.05 Å². The smallest absolute Gasteiger partial charge is 0.272 e. The lowest BCUT2D eigenvalue weighted by atomic mass is 9.94. The van der Waals surface area contributed by atoms with Crippen molar-refractivity contribution in [2.24, 2.45) is 10.9 Å². The predicted octanol–water partition coefficient (Wildman–Crippen LogP) is 3.52. The number of fused-ring (bicyclic) bond motifs is 1. The topological polar surface area (TPSA) is 82.0 Å². The second kappa shape index (κ2) is 10.4. The Labute approximate surface area is 184 Å². The maximum absolute atomic E-state index is 13.2. The van der Waals surface area contributed by atoms with Crippen molar-refractivity contribution in [2.45, 2.75) is 51.8 Å². The number of hydrogen-bond acceptors (Lipinski definition) is 4. The summed E-state index contributed by atoms with van der Waals surface area (Å²) in [6.07, 6.45) is 1.05. The Hall–Kier alpha value is -2.99. The summed E-state index contributed by atoms with van der Waals surface area (Å²) in [6.45, 7) is 3.92. The average Bonchev–Trinajstić information content (AvgIpc) is 2.89. The van der Waals surface area contributed by atoms with Crippen LogP contribution >= 0.6 is 0 Å². The van der Waals surface area contributed by atoms with Gasteiger partial charge in [-0.1, -0.05) is 75.2 Å². The summed E-state index contributed by atoms with van der Waals surface area (Å²) in [5.41, 5.74) is 3.09. The number of carbonyl (C=O) groups is 2. The molecule has 0 aromatic heterocycles. The van der Waals surface area contributed by atoms with Crippen molar-refractivity contribution in [1.29, 1.82) is 0 Å². The Morgan fingerprint density at radius 3 is 2.48 bits per heavy atom. The van der Waals surface area contributed by atoms with Gasteiger partial charge in [0.15, 0.2) is 0 Å². The van der Waals surface area contributed by atoms with Crippen molar-refractivity contribution in [3.05, 3.63) is 65.7 Å². The minimum Gasteiger partial charge on any atom is -0.392 e. The van der Waals surface area contributed by atoms with Crippen LogP contribution in [-0.4, -0.2) is 41.9 Å². The number of benzene rings is 2. The number of unbranched alkanes of at least 4 members (excludes halogenated alkanes) is 1. The third-order valence-corrected chi connectivity index (χ3v) is 5.76. The molecule has 0 fully saturated rings. The molecule has 3 rings (SSSR count). The van der Waals surface area contributed by atoms with Gasteiger partial charge < -0.3 is 15.3 Å². The Morgan fingerprint density at radius 1 is 1.13 bits per heavy atom. The lowest BCUT2D eigenvalue weighted by molar-refractivity contribution is -0.132. The minimum atomic E-state index is -1.06. The molecule has 2 unspecified atom stereocenters. The fourth-order valence-corrected chi connectivity index (χ4v) is 3.93. The maximum Gasteiger partial charge on any atom is 0.272 e. The normalized spacial score (nSPS) is 17.9. The van der Waals surface area contributed by atoms with Crippen LogP contribution < -0.4 is 10.2 Å². The first-order valence-electron chi connectivity index (χ1n) is 11.0. The molecule has 2 N–H and O–H groups in total. The maximum atomic E-state index is 13.2. The number of amides is 2. The van der Waals surface area contributed by atoms with Crippen LogP contribution in [0.3, 0.4) is 0 Å². The molecular formula is C25H31N3O3. The lowest BCUT2D eigenvalue weighted by Crippen LogP contribution is -2.49. The molecule has 0 saturated heterocycles. The molecule has 164 valence electrons. The summed E-state index contributed by atoms with van der Waals surface area (Å²) in [5, 5.41) is 13.3. The number of rotatable bonds is 8. The molecule has 0 spiro atoms. The number of nitrogens with zero attached hydrogens (tertiary/aromatic N) is 2. The van der Waals surface area contributed by atoms with E-state index >= 15 is 0 Å². The highest BCUT2D eigenvalue weighted by molar-refractivity contribution is 6.20. The summed E-state index contributed by atoms with van der Waals surface area (Å²) >= 11 is 0. The molecule has 31 heavy (non-hydrogen) atoms. The van der Waals surface area contributed by atoms with E-state index in [1.807, 2.05) is 68.4 Å². The molecule has 6 nitrogen and oxygen atoms in total. The molecule has 0 bridgehead atoms. The molecule has 3 atom stereocenters. The number of likely N-dealkylation sites (N-methyl/N-ethyl adjacent to an activating group) is 1. The number of aliphatic hydroxyl groups is 1. The van der Waals surface area contributed by atoms with Gasteiger partial charge in [0.1, 0.15) is 0 Å². The first kappa shape index (κ1) is 22.7. The quantitative estimate of drug-likeness (QED) is 0.684. The van der Waals surface area contributed by atoms with E-state index in [-0.39, 0.29) is 11.8 Å². The van der Waals surface area contributed by atoms with Crippen LogP contribution in [0.2, 0.25) is 0 Å². The number of benzodiazepines with no additional fused rings is 1. The third kappa shape index (κ3) is 5.02. The molecule has 6 heteroatoms. The van der Waals surface area contributed by atoms with E-state index < -0.39 is 18.2 Å². The zero-order valence-corrected chi connectivity index (χ0v) is 18.4. The Balaban J connectivity index is 1.96. The van der Waals surface area contributed by atoms with Gasteiger partial charge in [0.2, 0.25) is 12.1 Å². The van der Waals surface area contributed by atoms with E-state index in [0.29, 0.717) is 18.6 Å². The molecule has 0 saturated carbocycles. The van der Waals surface area contributed by atoms with Crippen LogP contribution in [0.1, 0.15) is 50.7 Å². The zero-order chi connectivity index (χ0) is 22.4. The highest BCUT2D eigenvalue weighted by Crippen LogP contribution is 2.27. The van der Waals surface area contributed by atoms with Crippen LogP contribution in [0.5, 0.6) is 0 Å². The molecule has 1 aliphatic rings. The van der Waals surface area contributed by atoms with Crippen LogP contribution in [0.15, 0.2) is 59.6 Å². The highest BCUT2D eigenvalue weighted by atomic mass is 16.3. The molecule has 2 aromatic rings. The van der Waals surface area contributed by atoms with E-state index in [9.17, 15) is 14.7 Å². The molecular weight excluding hydrogens is 390 g/mol. The van der Waals surface area contributed by atoms with Gasteiger partial charge in [-0.05, 0) is 18.9 Å². The van der Waals surface area contributed by atoms with Crippen molar-refractivity contribution in [1.82, 2.24) is 5.32 Å².